The van der Waals surface area contributed by atoms with E-state index in [0.717, 1.165) is 5.56 Å². The lowest BCUT2D eigenvalue weighted by Gasteiger charge is -2.19. The number of hydrogen-bond acceptors (Lipinski definition) is 2. The molecule has 1 N–H and O–H groups in total. The summed E-state index contributed by atoms with van der Waals surface area (Å²) in [6.07, 6.45) is 0. The molecule has 2 rings (SSSR count). The molecular weight excluding hydrogens is 236 g/mol. The van der Waals surface area contributed by atoms with Crippen molar-refractivity contribution < 1.29 is 9.84 Å². The van der Waals surface area contributed by atoms with Gasteiger partial charge in [-0.2, -0.15) is 0 Å². The van der Waals surface area contributed by atoms with E-state index in [1.54, 1.807) is 18.2 Å². The van der Waals surface area contributed by atoms with Crippen molar-refractivity contribution >= 4 is 0 Å². The van der Waals surface area contributed by atoms with Gasteiger partial charge >= 0.3 is 0 Å². The van der Waals surface area contributed by atoms with Gasteiger partial charge in [0, 0.05) is 6.07 Å². The number of phenolic OH excluding ortho intramolecular Hbond substituents is 1. The van der Waals surface area contributed by atoms with Crippen LogP contribution in [0.15, 0.2) is 48.5 Å². The second-order valence-electron chi connectivity index (χ2n) is 5.73. The minimum Gasteiger partial charge on any atom is -0.508 e. The minimum atomic E-state index is 0.171. The molecule has 0 aliphatic heterocycles. The summed E-state index contributed by atoms with van der Waals surface area (Å²) < 4.78 is 5.64. The van der Waals surface area contributed by atoms with E-state index in [1.807, 2.05) is 6.07 Å². The molecule has 0 bridgehead atoms. The molecule has 0 heterocycles. The fraction of sp³-hybridized carbons (Fsp3) is 0.294. The van der Waals surface area contributed by atoms with Crippen LogP contribution in [0.4, 0.5) is 0 Å². The highest BCUT2D eigenvalue weighted by Crippen LogP contribution is 2.23. The lowest BCUT2D eigenvalue weighted by Crippen LogP contribution is -2.10. The smallest absolute Gasteiger partial charge is 0.123 e. The third-order valence-corrected chi connectivity index (χ3v) is 3.04. The van der Waals surface area contributed by atoms with Crippen molar-refractivity contribution in [3.8, 4) is 11.5 Å². The van der Waals surface area contributed by atoms with E-state index < -0.39 is 0 Å². The van der Waals surface area contributed by atoms with E-state index >= 15 is 0 Å². The van der Waals surface area contributed by atoms with Crippen LogP contribution in [0.5, 0.6) is 11.5 Å². The van der Waals surface area contributed by atoms with Crippen molar-refractivity contribution in [1.82, 2.24) is 0 Å². The molecule has 2 aromatic carbocycles. The molecule has 0 atom stereocenters. The first-order valence-electron chi connectivity index (χ1n) is 6.46. The highest BCUT2D eigenvalue weighted by Gasteiger charge is 2.12. The first kappa shape index (κ1) is 13.5. The van der Waals surface area contributed by atoms with Crippen molar-refractivity contribution in [2.45, 2.75) is 32.8 Å². The molecular formula is C17H20O2. The molecule has 0 spiro atoms. The van der Waals surface area contributed by atoms with Crippen molar-refractivity contribution in [3.05, 3.63) is 59.7 Å². The number of phenols is 1. The monoisotopic (exact) mass is 256 g/mol. The van der Waals surface area contributed by atoms with Crippen LogP contribution < -0.4 is 4.74 Å². The van der Waals surface area contributed by atoms with Crippen LogP contribution in [0.1, 0.15) is 31.9 Å². The maximum absolute atomic E-state index is 9.36. The maximum atomic E-state index is 9.36. The Kier molecular flexibility index (Phi) is 3.79. The standard InChI is InChI=1S/C17H20O2/c1-17(2,3)14-9-7-13(8-10-14)12-19-16-6-4-5-15(18)11-16/h4-11,18H,12H2,1-3H3. The fourth-order valence-corrected chi connectivity index (χ4v) is 1.84. The fourth-order valence-electron chi connectivity index (χ4n) is 1.84. The average Bonchev–Trinajstić information content (AvgIpc) is 2.36. The summed E-state index contributed by atoms with van der Waals surface area (Å²) in [6, 6.07) is 15.3. The van der Waals surface area contributed by atoms with Crippen molar-refractivity contribution in [1.29, 1.82) is 0 Å². The third kappa shape index (κ3) is 3.75. The summed E-state index contributed by atoms with van der Waals surface area (Å²) in [5, 5.41) is 9.36. The van der Waals surface area contributed by atoms with Gasteiger partial charge in [-0.15, -0.1) is 0 Å². The Morgan fingerprint density at radius 3 is 2.26 bits per heavy atom. The second-order valence-corrected chi connectivity index (χ2v) is 5.73. The zero-order valence-electron chi connectivity index (χ0n) is 11.7. The van der Waals surface area contributed by atoms with Gasteiger partial charge in [0.05, 0.1) is 0 Å². The molecule has 2 nitrogen and oxygen atoms in total. The number of benzene rings is 2. The maximum Gasteiger partial charge on any atom is 0.123 e. The third-order valence-electron chi connectivity index (χ3n) is 3.04. The van der Waals surface area contributed by atoms with Gasteiger partial charge < -0.3 is 9.84 Å². The first-order valence-corrected chi connectivity index (χ1v) is 6.46. The summed E-state index contributed by atoms with van der Waals surface area (Å²) in [4.78, 5) is 0. The summed E-state index contributed by atoms with van der Waals surface area (Å²) in [5.41, 5.74) is 2.61. The Bertz CT molecular complexity index is 536. The summed E-state index contributed by atoms with van der Waals surface area (Å²) in [6.45, 7) is 7.11. The molecule has 0 aliphatic rings. The molecule has 0 unspecified atom stereocenters. The van der Waals surface area contributed by atoms with Gasteiger partial charge in [0.25, 0.3) is 0 Å². The summed E-state index contributed by atoms with van der Waals surface area (Å²) in [5.74, 6) is 0.903. The largest absolute Gasteiger partial charge is 0.508 e. The Morgan fingerprint density at radius 2 is 1.68 bits per heavy atom. The van der Waals surface area contributed by atoms with Gasteiger partial charge in [-0.05, 0) is 28.7 Å². The molecule has 0 amide bonds. The van der Waals surface area contributed by atoms with E-state index in [-0.39, 0.29) is 11.2 Å². The molecule has 0 fully saturated rings. The zero-order chi connectivity index (χ0) is 13.9. The molecule has 0 aromatic heterocycles. The number of ether oxygens (including phenoxy) is 1. The van der Waals surface area contributed by atoms with Crippen molar-refractivity contribution in [2.75, 3.05) is 0 Å². The Morgan fingerprint density at radius 1 is 1.00 bits per heavy atom. The van der Waals surface area contributed by atoms with E-state index in [1.165, 1.54) is 5.56 Å². The van der Waals surface area contributed by atoms with Gasteiger partial charge in [0.15, 0.2) is 0 Å². The van der Waals surface area contributed by atoms with E-state index in [4.69, 9.17) is 4.74 Å². The quantitative estimate of drug-likeness (QED) is 0.888. The zero-order valence-corrected chi connectivity index (χ0v) is 11.7. The lowest BCUT2D eigenvalue weighted by atomic mass is 9.87. The van der Waals surface area contributed by atoms with Gasteiger partial charge in [-0.3, -0.25) is 0 Å². The molecule has 0 aliphatic carbocycles. The van der Waals surface area contributed by atoms with Crippen LogP contribution >= 0.6 is 0 Å². The average molecular weight is 256 g/mol. The Hall–Kier alpha value is -1.96. The van der Waals surface area contributed by atoms with E-state index in [0.29, 0.717) is 12.4 Å². The van der Waals surface area contributed by atoms with Gasteiger partial charge in [0.1, 0.15) is 18.1 Å². The van der Waals surface area contributed by atoms with Crippen LogP contribution in [0, 0.1) is 0 Å². The van der Waals surface area contributed by atoms with Crippen LogP contribution in [-0.2, 0) is 12.0 Å². The molecule has 0 radical (unpaired) electrons. The van der Waals surface area contributed by atoms with Gasteiger partial charge in [-0.25, -0.2) is 0 Å². The number of hydrogen-bond donors (Lipinski definition) is 1. The van der Waals surface area contributed by atoms with Crippen molar-refractivity contribution in [2.24, 2.45) is 0 Å². The highest BCUT2D eigenvalue weighted by atomic mass is 16.5. The van der Waals surface area contributed by atoms with Crippen LogP contribution in [0.25, 0.3) is 0 Å². The topological polar surface area (TPSA) is 29.5 Å². The van der Waals surface area contributed by atoms with Gasteiger partial charge in [-0.1, -0.05) is 51.1 Å². The molecule has 19 heavy (non-hydrogen) atoms. The molecule has 2 aromatic rings. The lowest BCUT2D eigenvalue weighted by molar-refractivity contribution is 0.304. The molecule has 100 valence electrons. The number of rotatable bonds is 3. The highest BCUT2D eigenvalue weighted by molar-refractivity contribution is 5.32. The van der Waals surface area contributed by atoms with E-state index in [2.05, 4.69) is 45.0 Å². The predicted octanol–water partition coefficient (Wildman–Crippen LogP) is 4.27. The summed E-state index contributed by atoms with van der Waals surface area (Å²) >= 11 is 0. The second kappa shape index (κ2) is 5.35. The Balaban J connectivity index is 2.01. The van der Waals surface area contributed by atoms with Gasteiger partial charge in [0.2, 0.25) is 0 Å². The summed E-state index contributed by atoms with van der Waals surface area (Å²) in [7, 11) is 0. The number of aromatic hydroxyl groups is 1. The van der Waals surface area contributed by atoms with Crippen LogP contribution in [-0.4, -0.2) is 5.11 Å². The predicted molar refractivity (Wildman–Crippen MR) is 77.6 cm³/mol. The van der Waals surface area contributed by atoms with Crippen LogP contribution in [0.3, 0.4) is 0 Å². The van der Waals surface area contributed by atoms with Crippen molar-refractivity contribution in [3.63, 3.8) is 0 Å². The molecule has 0 saturated carbocycles. The minimum absolute atomic E-state index is 0.171. The molecule has 0 saturated heterocycles. The Labute approximate surface area is 114 Å². The normalized spacial score (nSPS) is 11.3. The molecule has 2 heteroatoms. The first-order chi connectivity index (χ1) is 8.95. The van der Waals surface area contributed by atoms with Crippen LogP contribution in [0.2, 0.25) is 0 Å². The van der Waals surface area contributed by atoms with E-state index in [9.17, 15) is 5.11 Å². The SMILES string of the molecule is CC(C)(C)c1ccc(COc2cccc(O)c2)cc1.